The first-order valence-electron chi connectivity index (χ1n) is 8.96. The van der Waals surface area contributed by atoms with Gasteiger partial charge in [0.25, 0.3) is 5.91 Å². The first-order valence-corrected chi connectivity index (χ1v) is 8.96. The molecule has 0 aliphatic carbocycles. The summed E-state index contributed by atoms with van der Waals surface area (Å²) < 4.78 is 0. The molecule has 1 unspecified atom stereocenters. The average molecular weight is 382 g/mol. The van der Waals surface area contributed by atoms with Crippen LogP contribution in [0.3, 0.4) is 0 Å². The molecule has 7 nitrogen and oxygen atoms in total. The van der Waals surface area contributed by atoms with Gasteiger partial charge in [0.2, 0.25) is 11.8 Å². The lowest BCUT2D eigenvalue weighted by atomic mass is 10.0. The lowest BCUT2D eigenvalue weighted by Crippen LogP contribution is -2.43. The van der Waals surface area contributed by atoms with Gasteiger partial charge in [0.15, 0.2) is 0 Å². The fraction of sp³-hybridized carbons (Fsp3) is 0.286. The summed E-state index contributed by atoms with van der Waals surface area (Å²) in [5.41, 5.74) is 8.04. The zero-order valence-electron chi connectivity index (χ0n) is 16.6. The zero-order valence-corrected chi connectivity index (χ0v) is 16.6. The van der Waals surface area contributed by atoms with E-state index >= 15 is 0 Å². The Labute approximate surface area is 165 Å². The van der Waals surface area contributed by atoms with Gasteiger partial charge in [0.1, 0.15) is 0 Å². The minimum absolute atomic E-state index is 0.000653. The molecule has 0 saturated carbocycles. The van der Waals surface area contributed by atoms with Gasteiger partial charge in [-0.25, -0.2) is 0 Å². The number of anilines is 1. The molecule has 3 amide bonds. The molecule has 0 radical (unpaired) electrons. The lowest BCUT2D eigenvalue weighted by Gasteiger charge is -2.18. The highest BCUT2D eigenvalue weighted by Crippen LogP contribution is 2.17. The topological polar surface area (TPSA) is 90.5 Å². The van der Waals surface area contributed by atoms with E-state index in [4.69, 9.17) is 0 Å². The third-order valence-electron chi connectivity index (χ3n) is 4.19. The average Bonchev–Trinajstić information content (AvgIpc) is 2.66. The molecule has 0 fully saturated rings. The van der Waals surface area contributed by atoms with E-state index in [1.165, 1.54) is 6.92 Å². The van der Waals surface area contributed by atoms with Crippen molar-refractivity contribution >= 4 is 23.4 Å². The highest BCUT2D eigenvalue weighted by Gasteiger charge is 2.18. The maximum atomic E-state index is 12.3. The van der Waals surface area contributed by atoms with Crippen LogP contribution in [0.4, 0.5) is 5.69 Å². The van der Waals surface area contributed by atoms with Crippen molar-refractivity contribution in [1.29, 1.82) is 0 Å². The highest BCUT2D eigenvalue weighted by atomic mass is 16.2. The number of hydrogen-bond acceptors (Lipinski definition) is 4. The van der Waals surface area contributed by atoms with Crippen LogP contribution < -0.4 is 21.1 Å². The van der Waals surface area contributed by atoms with Crippen LogP contribution in [0, 0.1) is 6.92 Å². The van der Waals surface area contributed by atoms with Gasteiger partial charge in [-0.3, -0.25) is 25.2 Å². The van der Waals surface area contributed by atoms with E-state index in [0.29, 0.717) is 5.56 Å². The number of carbonyl (C=O) groups is 3. The van der Waals surface area contributed by atoms with Crippen molar-refractivity contribution in [3.8, 4) is 0 Å². The number of amides is 3. The quantitative estimate of drug-likeness (QED) is 0.667. The summed E-state index contributed by atoms with van der Waals surface area (Å²) in [6.07, 6.45) is 0.000653. The molecule has 0 aliphatic heterocycles. The Kier molecular flexibility index (Phi) is 7.14. The Bertz CT molecular complexity index is 847. The SMILES string of the molecule is CC(=O)NC(CC(=O)NNC(=O)c1cccc(N(C)C)c1)c1ccc(C)cc1. The van der Waals surface area contributed by atoms with E-state index in [-0.39, 0.29) is 12.3 Å². The number of hydrazine groups is 1. The van der Waals surface area contributed by atoms with E-state index in [0.717, 1.165) is 16.8 Å². The molecule has 0 heterocycles. The minimum Gasteiger partial charge on any atom is -0.378 e. The van der Waals surface area contributed by atoms with Crippen LogP contribution in [-0.2, 0) is 9.59 Å². The highest BCUT2D eigenvalue weighted by molar-refractivity contribution is 5.96. The fourth-order valence-corrected chi connectivity index (χ4v) is 2.66. The zero-order chi connectivity index (χ0) is 20.7. The summed E-state index contributed by atoms with van der Waals surface area (Å²) in [7, 11) is 3.76. The maximum Gasteiger partial charge on any atom is 0.269 e. The number of carbonyl (C=O) groups excluding carboxylic acids is 3. The van der Waals surface area contributed by atoms with Gasteiger partial charge < -0.3 is 10.2 Å². The fourth-order valence-electron chi connectivity index (χ4n) is 2.66. The smallest absolute Gasteiger partial charge is 0.269 e. The first-order chi connectivity index (χ1) is 13.3. The summed E-state index contributed by atoms with van der Waals surface area (Å²) in [4.78, 5) is 38.0. The monoisotopic (exact) mass is 382 g/mol. The van der Waals surface area contributed by atoms with E-state index in [1.54, 1.807) is 18.2 Å². The molecule has 7 heteroatoms. The molecule has 2 rings (SSSR count). The summed E-state index contributed by atoms with van der Waals surface area (Å²) in [5, 5.41) is 2.77. The predicted octanol–water partition coefficient (Wildman–Crippen LogP) is 2.09. The molecule has 3 N–H and O–H groups in total. The molecule has 0 spiro atoms. The van der Waals surface area contributed by atoms with Crippen molar-refractivity contribution in [2.45, 2.75) is 26.3 Å². The molecular formula is C21H26N4O3. The van der Waals surface area contributed by atoms with E-state index in [9.17, 15) is 14.4 Å². The normalized spacial score (nSPS) is 11.3. The lowest BCUT2D eigenvalue weighted by molar-refractivity contribution is -0.123. The van der Waals surface area contributed by atoms with Crippen molar-refractivity contribution in [3.63, 3.8) is 0 Å². The second kappa shape index (κ2) is 9.55. The molecule has 0 aliphatic rings. The molecule has 0 bridgehead atoms. The van der Waals surface area contributed by atoms with E-state index in [2.05, 4.69) is 16.2 Å². The predicted molar refractivity (Wildman–Crippen MR) is 109 cm³/mol. The molecule has 2 aromatic carbocycles. The Morgan fingerprint density at radius 2 is 1.68 bits per heavy atom. The number of nitrogens with one attached hydrogen (secondary N) is 3. The summed E-state index contributed by atoms with van der Waals surface area (Å²) in [5.74, 6) is -1.05. The van der Waals surface area contributed by atoms with Gasteiger partial charge in [0, 0.05) is 32.3 Å². The number of nitrogens with zero attached hydrogens (tertiary/aromatic N) is 1. The number of rotatable bonds is 6. The molecule has 0 saturated heterocycles. The number of aryl methyl sites for hydroxylation is 1. The minimum atomic E-state index is -0.480. The Morgan fingerprint density at radius 3 is 2.29 bits per heavy atom. The van der Waals surface area contributed by atoms with Crippen molar-refractivity contribution in [2.24, 2.45) is 0 Å². The van der Waals surface area contributed by atoms with Crippen LogP contribution in [-0.4, -0.2) is 31.8 Å². The molecule has 0 aromatic heterocycles. The summed E-state index contributed by atoms with van der Waals surface area (Å²) in [6.45, 7) is 3.36. The van der Waals surface area contributed by atoms with Crippen molar-refractivity contribution in [3.05, 3.63) is 65.2 Å². The summed E-state index contributed by atoms with van der Waals surface area (Å²) in [6, 6.07) is 14.2. The summed E-state index contributed by atoms with van der Waals surface area (Å²) >= 11 is 0. The molecular weight excluding hydrogens is 356 g/mol. The van der Waals surface area contributed by atoms with Crippen LogP contribution in [0.2, 0.25) is 0 Å². The van der Waals surface area contributed by atoms with Crippen LogP contribution in [0.15, 0.2) is 48.5 Å². The van der Waals surface area contributed by atoms with Gasteiger partial charge in [-0.1, -0.05) is 35.9 Å². The Hall–Kier alpha value is -3.35. The van der Waals surface area contributed by atoms with Crippen LogP contribution in [0.1, 0.15) is 40.9 Å². The largest absolute Gasteiger partial charge is 0.378 e. The van der Waals surface area contributed by atoms with E-state index in [1.807, 2.05) is 56.3 Å². The standard InChI is InChI=1S/C21H26N4O3/c1-14-8-10-16(11-9-14)19(22-15(2)26)13-20(27)23-24-21(28)17-6-5-7-18(12-17)25(3)4/h5-12,19H,13H2,1-4H3,(H,22,26)(H,23,27)(H,24,28). The van der Waals surface area contributed by atoms with Crippen molar-refractivity contribution < 1.29 is 14.4 Å². The second-order valence-electron chi connectivity index (χ2n) is 6.81. The van der Waals surface area contributed by atoms with Gasteiger partial charge >= 0.3 is 0 Å². The molecule has 2 aromatic rings. The molecule has 148 valence electrons. The van der Waals surface area contributed by atoms with Crippen LogP contribution in [0.25, 0.3) is 0 Å². The third kappa shape index (κ3) is 6.12. The first kappa shape index (κ1) is 21.0. The Morgan fingerprint density at radius 1 is 1.00 bits per heavy atom. The third-order valence-corrected chi connectivity index (χ3v) is 4.19. The van der Waals surface area contributed by atoms with Crippen molar-refractivity contribution in [2.75, 3.05) is 19.0 Å². The van der Waals surface area contributed by atoms with Crippen molar-refractivity contribution in [1.82, 2.24) is 16.2 Å². The second-order valence-corrected chi connectivity index (χ2v) is 6.81. The van der Waals surface area contributed by atoms with E-state index < -0.39 is 17.9 Å². The number of hydrogen-bond donors (Lipinski definition) is 3. The molecule has 28 heavy (non-hydrogen) atoms. The van der Waals surface area contributed by atoms with Crippen LogP contribution >= 0.6 is 0 Å². The van der Waals surface area contributed by atoms with Gasteiger partial charge in [0.05, 0.1) is 12.5 Å². The van der Waals surface area contributed by atoms with Crippen LogP contribution in [0.5, 0.6) is 0 Å². The van der Waals surface area contributed by atoms with Gasteiger partial charge in [-0.05, 0) is 30.7 Å². The maximum absolute atomic E-state index is 12.3. The van der Waals surface area contributed by atoms with Gasteiger partial charge in [-0.2, -0.15) is 0 Å². The Balaban J connectivity index is 1.98. The van der Waals surface area contributed by atoms with Gasteiger partial charge in [-0.15, -0.1) is 0 Å². The molecule has 1 atom stereocenters. The number of benzene rings is 2.